The van der Waals surface area contributed by atoms with Crippen molar-refractivity contribution in [1.29, 1.82) is 0 Å². The van der Waals surface area contributed by atoms with E-state index < -0.39 is 0 Å². The summed E-state index contributed by atoms with van der Waals surface area (Å²) in [5.41, 5.74) is -0.159. The largest absolute Gasteiger partial charge is 0.359 e. The van der Waals surface area contributed by atoms with Crippen molar-refractivity contribution in [3.8, 4) is 11.8 Å². The monoisotopic (exact) mass is 138 g/mol. The van der Waals surface area contributed by atoms with Gasteiger partial charge in [0.25, 0.3) is 0 Å². The van der Waals surface area contributed by atoms with Crippen LogP contribution >= 0.6 is 0 Å². The van der Waals surface area contributed by atoms with Crippen LogP contribution in [0, 0.1) is 17.8 Å². The molecule has 10 heavy (non-hydrogen) atoms. The summed E-state index contributed by atoms with van der Waals surface area (Å²) in [5, 5.41) is 0. The molecule has 0 aromatic carbocycles. The van der Waals surface area contributed by atoms with E-state index in [1.165, 1.54) is 0 Å². The second-order valence-corrected chi connectivity index (χ2v) is 3.09. The minimum absolute atomic E-state index is 0.159. The van der Waals surface area contributed by atoms with Crippen LogP contribution in [0.4, 0.5) is 0 Å². The van der Waals surface area contributed by atoms with Crippen LogP contribution in [0.15, 0.2) is 0 Å². The van der Waals surface area contributed by atoms with Crippen molar-refractivity contribution in [3.63, 3.8) is 0 Å². The zero-order valence-corrected chi connectivity index (χ0v) is 7.06. The van der Waals surface area contributed by atoms with Crippen molar-refractivity contribution in [3.05, 3.63) is 0 Å². The first-order valence-corrected chi connectivity index (χ1v) is 3.72. The molecule has 0 bridgehead atoms. The van der Waals surface area contributed by atoms with Gasteiger partial charge in [0.05, 0.1) is 6.10 Å². The Morgan fingerprint density at radius 3 is 2.30 bits per heavy atom. The van der Waals surface area contributed by atoms with Crippen LogP contribution < -0.4 is 0 Å². The van der Waals surface area contributed by atoms with E-state index in [0.717, 1.165) is 0 Å². The molecule has 1 heteroatoms. The Labute approximate surface area is 62.8 Å². The summed E-state index contributed by atoms with van der Waals surface area (Å²) in [7, 11) is 0. The maximum absolute atomic E-state index is 5.51. The molecule has 0 radical (unpaired) electrons. The molecule has 3 atom stereocenters. The van der Waals surface area contributed by atoms with Gasteiger partial charge in [0.2, 0.25) is 0 Å². The maximum atomic E-state index is 5.51. The first kappa shape index (κ1) is 7.63. The summed E-state index contributed by atoms with van der Waals surface area (Å²) in [6, 6.07) is 0. The topological polar surface area (TPSA) is 9.23 Å². The fourth-order valence-electron chi connectivity index (χ4n) is 1.36. The fourth-order valence-corrected chi connectivity index (χ4v) is 1.36. The molecule has 0 aromatic rings. The molecule has 1 aliphatic heterocycles. The molecule has 0 saturated carbocycles. The Morgan fingerprint density at radius 2 is 2.00 bits per heavy atom. The zero-order valence-electron chi connectivity index (χ0n) is 7.06. The van der Waals surface area contributed by atoms with Gasteiger partial charge in [-0.05, 0) is 20.8 Å². The minimum Gasteiger partial charge on any atom is -0.359 e. The van der Waals surface area contributed by atoms with Gasteiger partial charge in [0.1, 0.15) is 5.60 Å². The van der Waals surface area contributed by atoms with E-state index in [1.54, 1.807) is 0 Å². The van der Waals surface area contributed by atoms with Gasteiger partial charge in [-0.2, -0.15) is 0 Å². The van der Waals surface area contributed by atoms with Crippen LogP contribution in [0.5, 0.6) is 0 Å². The Balaban J connectivity index is 2.63. The van der Waals surface area contributed by atoms with Gasteiger partial charge in [0, 0.05) is 5.92 Å². The average Bonchev–Trinajstić information content (AvgIpc) is 1.88. The molecule has 1 nitrogen and oxygen atoms in total. The van der Waals surface area contributed by atoms with Crippen molar-refractivity contribution in [2.45, 2.75) is 39.4 Å². The third-order valence-corrected chi connectivity index (χ3v) is 2.38. The quantitative estimate of drug-likeness (QED) is 0.464. The third kappa shape index (κ3) is 0.932. The summed E-state index contributed by atoms with van der Waals surface area (Å²) in [6.45, 7) is 8.17. The Bertz CT molecular complexity index is 187. The summed E-state index contributed by atoms with van der Waals surface area (Å²) in [6.07, 6.45) is 0.380. The third-order valence-electron chi connectivity index (χ3n) is 2.38. The molecule has 1 saturated heterocycles. The van der Waals surface area contributed by atoms with Gasteiger partial charge in [-0.25, -0.2) is 0 Å². The normalized spacial score (nSPS) is 45.2. The van der Waals surface area contributed by atoms with Crippen LogP contribution in [0.25, 0.3) is 0 Å². The predicted molar refractivity (Wildman–Crippen MR) is 41.6 cm³/mol. The highest BCUT2D eigenvalue weighted by Gasteiger charge is 2.45. The molecule has 1 rings (SSSR count). The summed E-state index contributed by atoms with van der Waals surface area (Å²) >= 11 is 0. The summed E-state index contributed by atoms with van der Waals surface area (Å²) in [5.74, 6) is 6.52. The van der Waals surface area contributed by atoms with E-state index in [-0.39, 0.29) is 5.60 Å². The van der Waals surface area contributed by atoms with Gasteiger partial charge in [0.15, 0.2) is 0 Å². The van der Waals surface area contributed by atoms with Gasteiger partial charge < -0.3 is 4.74 Å². The van der Waals surface area contributed by atoms with Crippen molar-refractivity contribution in [2.75, 3.05) is 0 Å². The number of ether oxygens (including phenoxy) is 1. The molecule has 56 valence electrons. The van der Waals surface area contributed by atoms with Crippen molar-refractivity contribution >= 4 is 0 Å². The molecule has 0 amide bonds. The van der Waals surface area contributed by atoms with Gasteiger partial charge in [-0.15, -0.1) is 5.92 Å². The van der Waals surface area contributed by atoms with Crippen LogP contribution in [0.3, 0.4) is 0 Å². The van der Waals surface area contributed by atoms with Gasteiger partial charge in [-0.1, -0.05) is 12.8 Å². The molecule has 0 spiro atoms. The van der Waals surface area contributed by atoms with E-state index in [2.05, 4.69) is 25.7 Å². The maximum Gasteiger partial charge on any atom is 0.131 e. The Hall–Kier alpha value is -0.480. The zero-order chi connectivity index (χ0) is 7.78. The molecule has 0 aromatic heterocycles. The molecular formula is C9H14O. The van der Waals surface area contributed by atoms with Crippen molar-refractivity contribution in [2.24, 2.45) is 5.92 Å². The van der Waals surface area contributed by atoms with Gasteiger partial charge >= 0.3 is 0 Å². The summed E-state index contributed by atoms with van der Waals surface area (Å²) < 4.78 is 5.51. The second-order valence-electron chi connectivity index (χ2n) is 3.09. The molecule has 0 aliphatic carbocycles. The lowest BCUT2D eigenvalue weighted by Crippen LogP contribution is -2.54. The van der Waals surface area contributed by atoms with E-state index >= 15 is 0 Å². The van der Waals surface area contributed by atoms with E-state index in [1.807, 2.05) is 13.8 Å². The highest BCUT2D eigenvalue weighted by Crippen LogP contribution is 2.37. The van der Waals surface area contributed by atoms with E-state index in [4.69, 9.17) is 4.74 Å². The molecule has 1 fully saturated rings. The minimum atomic E-state index is -0.159. The number of hydrogen-bond donors (Lipinski definition) is 0. The van der Waals surface area contributed by atoms with Crippen molar-refractivity contribution < 1.29 is 4.74 Å². The standard InChI is InChI=1S/C9H14O/c1-5-6-9(4)7(2)8(3)10-9/h7-8H,1-4H3/t7-,8+,9-/m0/s1. The fraction of sp³-hybridized carbons (Fsp3) is 0.778. The lowest BCUT2D eigenvalue weighted by atomic mass is 9.81. The van der Waals surface area contributed by atoms with Crippen LogP contribution in [-0.4, -0.2) is 11.7 Å². The highest BCUT2D eigenvalue weighted by atomic mass is 16.5. The summed E-state index contributed by atoms with van der Waals surface area (Å²) in [4.78, 5) is 0. The predicted octanol–water partition coefficient (Wildman–Crippen LogP) is 1.82. The number of rotatable bonds is 0. The van der Waals surface area contributed by atoms with Crippen LogP contribution in [0.2, 0.25) is 0 Å². The SMILES string of the molecule is CC#C[C@]1(C)O[C@H](C)[C@@H]1C. The lowest BCUT2D eigenvalue weighted by molar-refractivity contribution is -0.202. The van der Waals surface area contributed by atoms with E-state index in [9.17, 15) is 0 Å². The Kier molecular flexibility index (Phi) is 1.74. The first-order valence-electron chi connectivity index (χ1n) is 3.72. The van der Waals surface area contributed by atoms with Crippen molar-refractivity contribution in [1.82, 2.24) is 0 Å². The molecule has 1 aliphatic rings. The first-order chi connectivity index (χ1) is 4.60. The second kappa shape index (κ2) is 2.29. The van der Waals surface area contributed by atoms with Crippen LogP contribution in [-0.2, 0) is 4.74 Å². The molecule has 1 heterocycles. The van der Waals surface area contributed by atoms with Crippen LogP contribution in [0.1, 0.15) is 27.7 Å². The van der Waals surface area contributed by atoms with Gasteiger partial charge in [-0.3, -0.25) is 0 Å². The Morgan fingerprint density at radius 1 is 1.40 bits per heavy atom. The molecular weight excluding hydrogens is 124 g/mol. The lowest BCUT2D eigenvalue weighted by Gasteiger charge is -2.47. The molecule has 0 N–H and O–H groups in total. The highest BCUT2D eigenvalue weighted by molar-refractivity contribution is 5.18. The van der Waals surface area contributed by atoms with E-state index in [0.29, 0.717) is 12.0 Å². The smallest absolute Gasteiger partial charge is 0.131 e. The molecule has 0 unspecified atom stereocenters. The number of hydrogen-bond acceptors (Lipinski definition) is 1. The average molecular weight is 138 g/mol.